The maximum absolute atomic E-state index is 4.14. The smallest absolute Gasteiger partial charge is 0.0993 e. The second-order valence-electron chi connectivity index (χ2n) is 3.48. The van der Waals surface area contributed by atoms with Crippen LogP contribution in [0, 0.1) is 6.92 Å². The number of aryl methyl sites for hydroxylation is 1. The van der Waals surface area contributed by atoms with Gasteiger partial charge in [-0.25, -0.2) is 5.43 Å². The predicted molar refractivity (Wildman–Crippen MR) is 58.1 cm³/mol. The first-order valence-corrected chi connectivity index (χ1v) is 4.91. The van der Waals surface area contributed by atoms with Crippen LogP contribution in [-0.4, -0.2) is 24.4 Å². The largest absolute Gasteiger partial charge is 0.296 e. The normalized spacial score (nSPS) is 15.1. The number of hydrogen-bond donors (Lipinski definition) is 1. The van der Waals surface area contributed by atoms with Gasteiger partial charge >= 0.3 is 0 Å². The van der Waals surface area contributed by atoms with Crippen molar-refractivity contribution in [1.29, 1.82) is 0 Å². The van der Waals surface area contributed by atoms with Crippen LogP contribution in [0.2, 0.25) is 0 Å². The lowest BCUT2D eigenvalue weighted by Gasteiger charge is -2.16. The molecule has 1 aliphatic heterocycles. The molecule has 0 fully saturated rings. The number of hydrazine groups is 1. The van der Waals surface area contributed by atoms with Crippen molar-refractivity contribution >= 4 is 6.34 Å². The molecule has 0 radical (unpaired) electrons. The van der Waals surface area contributed by atoms with Crippen LogP contribution >= 0.6 is 0 Å². The number of aliphatic imine (C=N–C) groups is 1. The molecule has 0 amide bonds. The van der Waals surface area contributed by atoms with Crippen LogP contribution < -0.4 is 5.43 Å². The zero-order chi connectivity index (χ0) is 9.80. The molecular formula is C11H15N3. The van der Waals surface area contributed by atoms with E-state index in [1.165, 1.54) is 11.1 Å². The first-order valence-electron chi connectivity index (χ1n) is 4.91. The first kappa shape index (κ1) is 9.21. The highest BCUT2D eigenvalue weighted by Gasteiger charge is 2.04. The van der Waals surface area contributed by atoms with Gasteiger partial charge in [0.25, 0.3) is 0 Å². The van der Waals surface area contributed by atoms with Crippen molar-refractivity contribution in [3.05, 3.63) is 35.4 Å². The number of nitrogens with one attached hydrogen (secondary N) is 1. The van der Waals surface area contributed by atoms with Crippen LogP contribution in [0.5, 0.6) is 0 Å². The average molecular weight is 189 g/mol. The van der Waals surface area contributed by atoms with Gasteiger partial charge in [-0.1, -0.05) is 24.3 Å². The van der Waals surface area contributed by atoms with E-state index in [-0.39, 0.29) is 0 Å². The molecular weight excluding hydrogens is 174 g/mol. The van der Waals surface area contributed by atoms with Gasteiger partial charge in [-0.15, -0.1) is 0 Å². The summed E-state index contributed by atoms with van der Waals surface area (Å²) in [4.78, 5) is 4.14. The highest BCUT2D eigenvalue weighted by molar-refractivity contribution is 5.56. The summed E-state index contributed by atoms with van der Waals surface area (Å²) in [5.41, 5.74) is 5.99. The molecule has 1 heterocycles. The van der Waals surface area contributed by atoms with Gasteiger partial charge in [0, 0.05) is 6.54 Å². The third kappa shape index (κ3) is 2.12. The molecule has 74 valence electrons. The van der Waals surface area contributed by atoms with Gasteiger partial charge in [0.05, 0.1) is 19.4 Å². The molecule has 1 aliphatic rings. The minimum absolute atomic E-state index is 0.874. The van der Waals surface area contributed by atoms with Gasteiger partial charge in [0.1, 0.15) is 0 Å². The van der Waals surface area contributed by atoms with E-state index in [2.05, 4.69) is 41.6 Å². The summed E-state index contributed by atoms with van der Waals surface area (Å²) in [6.45, 7) is 4.89. The van der Waals surface area contributed by atoms with Gasteiger partial charge in [-0.3, -0.25) is 10.0 Å². The van der Waals surface area contributed by atoms with E-state index < -0.39 is 0 Å². The highest BCUT2D eigenvalue weighted by Crippen LogP contribution is 2.06. The van der Waals surface area contributed by atoms with E-state index >= 15 is 0 Å². The van der Waals surface area contributed by atoms with Crippen LogP contribution in [0.4, 0.5) is 0 Å². The molecule has 1 N–H and O–H groups in total. The fourth-order valence-electron chi connectivity index (χ4n) is 1.49. The van der Waals surface area contributed by atoms with E-state index in [0.29, 0.717) is 0 Å². The molecule has 0 aliphatic carbocycles. The lowest BCUT2D eigenvalue weighted by molar-refractivity contribution is 0.338. The Morgan fingerprint density at radius 2 is 2.29 bits per heavy atom. The van der Waals surface area contributed by atoms with Crippen LogP contribution in [0.3, 0.4) is 0 Å². The van der Waals surface area contributed by atoms with Crippen LogP contribution in [0.15, 0.2) is 29.3 Å². The minimum Gasteiger partial charge on any atom is -0.296 e. The minimum atomic E-state index is 0.874. The summed E-state index contributed by atoms with van der Waals surface area (Å²) in [7, 11) is 0. The van der Waals surface area contributed by atoms with Gasteiger partial charge in [0.2, 0.25) is 0 Å². The molecule has 1 aromatic rings. The van der Waals surface area contributed by atoms with E-state index in [4.69, 9.17) is 0 Å². The van der Waals surface area contributed by atoms with Crippen molar-refractivity contribution in [1.82, 2.24) is 10.4 Å². The summed E-state index contributed by atoms with van der Waals surface area (Å²) in [6, 6.07) is 8.42. The molecule has 0 bridgehead atoms. The quantitative estimate of drug-likeness (QED) is 0.777. The highest BCUT2D eigenvalue weighted by atomic mass is 15.5. The number of hydrogen-bond acceptors (Lipinski definition) is 3. The third-order valence-electron chi connectivity index (χ3n) is 2.42. The molecule has 14 heavy (non-hydrogen) atoms. The lowest BCUT2D eigenvalue weighted by Crippen LogP contribution is -2.34. The average Bonchev–Trinajstić information content (AvgIpc) is 2.69. The summed E-state index contributed by atoms with van der Waals surface area (Å²) in [5.74, 6) is 0. The molecule has 0 aromatic heterocycles. The summed E-state index contributed by atoms with van der Waals surface area (Å²) in [6.07, 6.45) is 1.86. The molecule has 0 unspecified atom stereocenters. The van der Waals surface area contributed by atoms with Crippen molar-refractivity contribution in [2.24, 2.45) is 4.99 Å². The van der Waals surface area contributed by atoms with Crippen LogP contribution in [-0.2, 0) is 6.54 Å². The second-order valence-corrected chi connectivity index (χ2v) is 3.48. The van der Waals surface area contributed by atoms with Crippen LogP contribution in [0.1, 0.15) is 11.1 Å². The molecule has 1 aromatic carbocycles. The van der Waals surface area contributed by atoms with Gasteiger partial charge < -0.3 is 0 Å². The van der Waals surface area contributed by atoms with Crippen LogP contribution in [0.25, 0.3) is 0 Å². The molecule has 2 rings (SSSR count). The SMILES string of the molecule is Cc1ccccc1CNN1C=NCC1. The number of rotatable bonds is 3. The Labute approximate surface area is 84.4 Å². The first-order chi connectivity index (χ1) is 6.86. The molecule has 0 atom stereocenters. The number of nitrogens with zero attached hydrogens (tertiary/aromatic N) is 2. The second kappa shape index (κ2) is 4.24. The molecule has 3 nitrogen and oxygen atoms in total. The van der Waals surface area contributed by atoms with Gasteiger partial charge in [-0.05, 0) is 18.1 Å². The van der Waals surface area contributed by atoms with Crippen molar-refractivity contribution in [2.75, 3.05) is 13.1 Å². The summed E-state index contributed by atoms with van der Waals surface area (Å²) >= 11 is 0. The fourth-order valence-corrected chi connectivity index (χ4v) is 1.49. The maximum Gasteiger partial charge on any atom is 0.0993 e. The standard InChI is InChI=1S/C11H15N3/c1-10-4-2-3-5-11(10)8-13-14-7-6-12-9-14/h2-5,9,13H,6-8H2,1H3. The lowest BCUT2D eigenvalue weighted by atomic mass is 10.1. The van der Waals surface area contributed by atoms with E-state index in [9.17, 15) is 0 Å². The third-order valence-corrected chi connectivity index (χ3v) is 2.42. The van der Waals surface area contributed by atoms with Crippen molar-refractivity contribution in [3.8, 4) is 0 Å². The Bertz CT molecular complexity index is 333. The zero-order valence-electron chi connectivity index (χ0n) is 8.40. The van der Waals surface area contributed by atoms with E-state index in [1.807, 2.05) is 11.3 Å². The Kier molecular flexibility index (Phi) is 2.79. The topological polar surface area (TPSA) is 27.6 Å². The zero-order valence-corrected chi connectivity index (χ0v) is 8.40. The summed E-state index contributed by atoms with van der Waals surface area (Å²) < 4.78 is 0. The molecule has 0 spiro atoms. The van der Waals surface area contributed by atoms with Gasteiger partial charge in [-0.2, -0.15) is 0 Å². The Morgan fingerprint density at radius 3 is 3.00 bits per heavy atom. The van der Waals surface area contributed by atoms with Crippen molar-refractivity contribution in [2.45, 2.75) is 13.5 Å². The van der Waals surface area contributed by atoms with Crippen molar-refractivity contribution in [3.63, 3.8) is 0 Å². The van der Waals surface area contributed by atoms with Gasteiger partial charge in [0.15, 0.2) is 0 Å². The predicted octanol–water partition coefficient (Wildman–Crippen LogP) is 1.34. The van der Waals surface area contributed by atoms with E-state index in [0.717, 1.165) is 19.6 Å². The Balaban J connectivity index is 1.91. The molecule has 3 heteroatoms. The monoisotopic (exact) mass is 189 g/mol. The summed E-state index contributed by atoms with van der Waals surface area (Å²) in [5, 5.41) is 2.03. The Morgan fingerprint density at radius 1 is 1.43 bits per heavy atom. The maximum atomic E-state index is 4.14. The molecule has 0 saturated heterocycles. The van der Waals surface area contributed by atoms with E-state index in [1.54, 1.807) is 0 Å². The van der Waals surface area contributed by atoms with Crippen molar-refractivity contribution < 1.29 is 0 Å². The number of benzene rings is 1. The Hall–Kier alpha value is -1.35. The molecule has 0 saturated carbocycles. The fraction of sp³-hybridized carbons (Fsp3) is 0.364.